The van der Waals surface area contributed by atoms with Crippen LogP contribution >= 0.6 is 0 Å². The number of hydrogen-bond acceptors (Lipinski definition) is 7. The van der Waals surface area contributed by atoms with Crippen molar-refractivity contribution in [3.63, 3.8) is 0 Å². The lowest BCUT2D eigenvalue weighted by atomic mass is 10.2. The van der Waals surface area contributed by atoms with Gasteiger partial charge in [0, 0.05) is 18.2 Å². The van der Waals surface area contributed by atoms with E-state index in [-0.39, 0.29) is 6.42 Å². The minimum Gasteiger partial charge on any atom is -0.394 e. The number of rotatable bonds is 4. The molecule has 2 rings (SSSR count). The smallest absolute Gasteiger partial charge is 0.330 e. The number of nitrogens with one attached hydrogen (secondary N) is 1. The average molecular weight is 320 g/mol. The van der Waals surface area contributed by atoms with Crippen LogP contribution in [0.3, 0.4) is 0 Å². The van der Waals surface area contributed by atoms with E-state index in [0.717, 1.165) is 10.8 Å². The highest BCUT2D eigenvalue weighted by Crippen LogP contribution is 2.30. The molecule has 118 valence electrons. The quantitative estimate of drug-likeness (QED) is 0.644. The summed E-state index contributed by atoms with van der Waals surface area (Å²) < 4.78 is 33.8. The van der Waals surface area contributed by atoms with Crippen LogP contribution in [0.4, 0.5) is 0 Å². The van der Waals surface area contributed by atoms with E-state index in [1.807, 2.05) is 0 Å². The van der Waals surface area contributed by atoms with Gasteiger partial charge in [0.15, 0.2) is 0 Å². The van der Waals surface area contributed by atoms with Crippen molar-refractivity contribution < 1.29 is 22.4 Å². The van der Waals surface area contributed by atoms with Gasteiger partial charge in [-0.05, 0) is 6.92 Å². The topological polar surface area (TPSA) is 128 Å². The lowest BCUT2D eigenvalue weighted by Gasteiger charge is -2.15. The second-order valence-electron chi connectivity index (χ2n) is 4.86. The van der Waals surface area contributed by atoms with Crippen molar-refractivity contribution in [1.29, 1.82) is 0 Å². The molecule has 1 aliphatic heterocycles. The minimum atomic E-state index is -3.72. The Kier molecular flexibility index (Phi) is 4.33. The average Bonchev–Trinajstić information content (AvgIpc) is 2.74. The largest absolute Gasteiger partial charge is 0.394 e. The van der Waals surface area contributed by atoms with Crippen LogP contribution in [0.5, 0.6) is 0 Å². The van der Waals surface area contributed by atoms with Gasteiger partial charge in [0.1, 0.15) is 18.4 Å². The standard InChI is InChI=1S/C11H16N2O7S/c1-6-4-13(11(16)12-10(6)15)9-3-7(8(5-14)19-9)20-21(2,17)18/h4,7-9,14H,3,5H2,1-2H3,(H,12,15,16)/t7?,8-,9-/m1/s1. The summed E-state index contributed by atoms with van der Waals surface area (Å²) in [6.45, 7) is 1.07. The van der Waals surface area contributed by atoms with Crippen molar-refractivity contribution in [2.24, 2.45) is 0 Å². The van der Waals surface area contributed by atoms with Gasteiger partial charge in [0.05, 0.1) is 12.9 Å². The predicted octanol–water partition coefficient (Wildman–Crippen LogP) is -1.53. The molecule has 0 aromatic carbocycles. The van der Waals surface area contributed by atoms with E-state index >= 15 is 0 Å². The third-order valence-corrected chi connectivity index (χ3v) is 3.71. The Balaban J connectivity index is 2.29. The van der Waals surface area contributed by atoms with E-state index in [0.29, 0.717) is 5.56 Å². The monoisotopic (exact) mass is 320 g/mol. The maximum absolute atomic E-state index is 11.8. The maximum Gasteiger partial charge on any atom is 0.330 e. The molecule has 0 aliphatic carbocycles. The van der Waals surface area contributed by atoms with Gasteiger partial charge in [-0.25, -0.2) is 4.79 Å². The van der Waals surface area contributed by atoms with E-state index in [2.05, 4.69) is 4.98 Å². The fourth-order valence-electron chi connectivity index (χ4n) is 2.16. The van der Waals surface area contributed by atoms with Gasteiger partial charge in [-0.15, -0.1) is 0 Å². The van der Waals surface area contributed by atoms with Crippen molar-refractivity contribution in [2.75, 3.05) is 12.9 Å². The highest BCUT2D eigenvalue weighted by atomic mass is 32.2. The zero-order valence-corrected chi connectivity index (χ0v) is 12.3. The summed E-state index contributed by atoms with van der Waals surface area (Å²) >= 11 is 0. The number of hydrogen-bond donors (Lipinski definition) is 2. The van der Waals surface area contributed by atoms with Crippen LogP contribution in [-0.2, 0) is 19.0 Å². The van der Waals surface area contributed by atoms with Gasteiger partial charge in [0.25, 0.3) is 15.7 Å². The Hall–Kier alpha value is -1.49. The fraction of sp³-hybridized carbons (Fsp3) is 0.636. The number of aliphatic hydroxyl groups is 1. The Morgan fingerprint density at radius 1 is 1.52 bits per heavy atom. The molecule has 9 nitrogen and oxygen atoms in total. The zero-order valence-electron chi connectivity index (χ0n) is 11.5. The molecule has 1 aliphatic rings. The Bertz CT molecular complexity index is 736. The predicted molar refractivity (Wildman–Crippen MR) is 71.4 cm³/mol. The summed E-state index contributed by atoms with van der Waals surface area (Å²) in [5.41, 5.74) is -0.865. The van der Waals surface area contributed by atoms with Gasteiger partial charge >= 0.3 is 5.69 Å². The molecule has 2 heterocycles. The van der Waals surface area contributed by atoms with Crippen LogP contribution in [0.1, 0.15) is 18.2 Å². The number of aliphatic hydroxyl groups excluding tert-OH is 1. The molecule has 2 N–H and O–H groups in total. The van der Waals surface area contributed by atoms with Crippen molar-refractivity contribution in [3.8, 4) is 0 Å². The molecule has 0 spiro atoms. The van der Waals surface area contributed by atoms with E-state index in [1.165, 1.54) is 13.1 Å². The first kappa shape index (κ1) is 15.9. The van der Waals surface area contributed by atoms with E-state index in [1.54, 1.807) is 0 Å². The van der Waals surface area contributed by atoms with Crippen LogP contribution in [0, 0.1) is 6.92 Å². The van der Waals surface area contributed by atoms with Crippen LogP contribution < -0.4 is 11.2 Å². The lowest BCUT2D eigenvalue weighted by Crippen LogP contribution is -2.33. The highest BCUT2D eigenvalue weighted by molar-refractivity contribution is 7.86. The molecule has 10 heteroatoms. The van der Waals surface area contributed by atoms with Gasteiger partial charge in [-0.1, -0.05) is 0 Å². The number of aromatic amines is 1. The molecule has 0 saturated carbocycles. The van der Waals surface area contributed by atoms with Gasteiger partial charge in [-0.3, -0.25) is 18.5 Å². The fourth-order valence-corrected chi connectivity index (χ4v) is 2.81. The van der Waals surface area contributed by atoms with Crippen LogP contribution in [-0.4, -0.2) is 48.1 Å². The van der Waals surface area contributed by atoms with E-state index < -0.39 is 46.4 Å². The minimum absolute atomic E-state index is 0.0592. The molecule has 1 saturated heterocycles. The first-order chi connectivity index (χ1) is 9.71. The molecule has 1 fully saturated rings. The van der Waals surface area contributed by atoms with Gasteiger partial charge in [0.2, 0.25) is 0 Å². The number of ether oxygens (including phenoxy) is 1. The lowest BCUT2D eigenvalue weighted by molar-refractivity contribution is -0.0413. The molecule has 1 aromatic rings. The van der Waals surface area contributed by atoms with E-state index in [4.69, 9.17) is 8.92 Å². The van der Waals surface area contributed by atoms with Crippen LogP contribution in [0.25, 0.3) is 0 Å². The molecular formula is C11H16N2O7S. The summed E-state index contributed by atoms with van der Waals surface area (Å²) in [4.78, 5) is 25.2. The van der Waals surface area contributed by atoms with Gasteiger partial charge < -0.3 is 9.84 Å². The van der Waals surface area contributed by atoms with Gasteiger partial charge in [-0.2, -0.15) is 8.42 Å². The maximum atomic E-state index is 11.8. The van der Waals surface area contributed by atoms with Crippen LogP contribution in [0.2, 0.25) is 0 Å². The summed E-state index contributed by atoms with van der Waals surface area (Å²) in [6, 6.07) is 0. The van der Waals surface area contributed by atoms with Crippen molar-refractivity contribution in [3.05, 3.63) is 32.6 Å². The summed E-state index contributed by atoms with van der Waals surface area (Å²) in [7, 11) is -3.72. The second-order valence-corrected chi connectivity index (χ2v) is 6.47. The third-order valence-electron chi connectivity index (χ3n) is 3.11. The first-order valence-electron chi connectivity index (χ1n) is 6.18. The van der Waals surface area contributed by atoms with Crippen molar-refractivity contribution >= 4 is 10.1 Å². The summed E-state index contributed by atoms with van der Waals surface area (Å²) in [6.07, 6.45) is -0.312. The molecule has 0 bridgehead atoms. The van der Waals surface area contributed by atoms with Crippen LogP contribution in [0.15, 0.2) is 15.8 Å². The molecule has 1 unspecified atom stereocenters. The Labute approximate surface area is 120 Å². The first-order valence-corrected chi connectivity index (χ1v) is 7.99. The Morgan fingerprint density at radius 2 is 2.19 bits per heavy atom. The molecule has 3 atom stereocenters. The Morgan fingerprint density at radius 3 is 2.76 bits per heavy atom. The number of aromatic nitrogens is 2. The number of H-pyrrole nitrogens is 1. The SMILES string of the molecule is Cc1cn([C@H]2CC(OS(C)(=O)=O)[C@@H](CO)O2)c(=O)[nH]c1=O. The summed E-state index contributed by atoms with van der Waals surface area (Å²) in [5, 5.41) is 9.22. The number of aryl methyl sites for hydroxylation is 1. The van der Waals surface area contributed by atoms with Crippen molar-refractivity contribution in [1.82, 2.24) is 9.55 Å². The third kappa shape index (κ3) is 3.59. The molecule has 1 aromatic heterocycles. The summed E-state index contributed by atoms with van der Waals surface area (Å²) in [5.74, 6) is 0. The molecule has 0 radical (unpaired) electrons. The highest BCUT2D eigenvalue weighted by Gasteiger charge is 2.39. The zero-order chi connectivity index (χ0) is 15.8. The second kappa shape index (κ2) is 5.72. The molecular weight excluding hydrogens is 304 g/mol. The van der Waals surface area contributed by atoms with E-state index in [9.17, 15) is 23.1 Å². The van der Waals surface area contributed by atoms with Crippen molar-refractivity contribution in [2.45, 2.75) is 31.8 Å². The normalized spacial score (nSPS) is 26.1. The molecule has 21 heavy (non-hydrogen) atoms. The molecule has 0 amide bonds. The number of nitrogens with zero attached hydrogens (tertiary/aromatic N) is 1.